The molecule has 0 aliphatic heterocycles. The number of nitrogens with zero attached hydrogens (tertiary/aromatic N) is 2. The van der Waals surface area contributed by atoms with Crippen LogP contribution in [0, 0.1) is 0 Å². The third kappa shape index (κ3) is 5.21. The second-order valence-corrected chi connectivity index (χ2v) is 10.3. The summed E-state index contributed by atoms with van der Waals surface area (Å²) < 4.78 is 0. The number of hydrogen-bond acceptors (Lipinski definition) is 2. The van der Waals surface area contributed by atoms with Gasteiger partial charge in [0, 0.05) is 34.1 Å². The Morgan fingerprint density at radius 3 is 1.35 bits per heavy atom. The molecule has 2 nitrogen and oxygen atoms in total. The quantitative estimate of drug-likeness (QED) is 0.198. The van der Waals surface area contributed by atoms with Gasteiger partial charge in [-0.15, -0.1) is 0 Å². The van der Waals surface area contributed by atoms with Crippen molar-refractivity contribution in [1.29, 1.82) is 0 Å². The number of anilines is 6. The Morgan fingerprint density at radius 1 is 0.425 bits per heavy atom. The zero-order chi connectivity index (χ0) is 27.3. The van der Waals surface area contributed by atoms with Crippen molar-refractivity contribution in [2.45, 2.75) is 26.2 Å². The van der Waals surface area contributed by atoms with Crippen molar-refractivity contribution in [2.24, 2.45) is 0 Å². The molecule has 0 N–H and O–H groups in total. The molecular formula is C38H34N2. The molecule has 40 heavy (non-hydrogen) atoms. The highest BCUT2D eigenvalue weighted by Crippen LogP contribution is 2.40. The summed E-state index contributed by atoms with van der Waals surface area (Å²) in [6, 6.07) is 54.3. The lowest BCUT2D eigenvalue weighted by molar-refractivity contribution is 0.733. The van der Waals surface area contributed by atoms with Gasteiger partial charge in [0.1, 0.15) is 0 Å². The molecule has 0 spiro atoms. The first-order valence-electron chi connectivity index (χ1n) is 14.1. The molecular weight excluding hydrogens is 484 g/mol. The van der Waals surface area contributed by atoms with Gasteiger partial charge in [-0.05, 0) is 101 Å². The van der Waals surface area contributed by atoms with E-state index in [1.807, 2.05) is 0 Å². The lowest BCUT2D eigenvalue weighted by Crippen LogP contribution is -2.12. The van der Waals surface area contributed by atoms with Gasteiger partial charge in [-0.25, -0.2) is 0 Å². The molecule has 196 valence electrons. The molecule has 0 aliphatic carbocycles. The molecule has 0 saturated heterocycles. The van der Waals surface area contributed by atoms with Crippen molar-refractivity contribution in [3.63, 3.8) is 0 Å². The van der Waals surface area contributed by atoms with E-state index in [1.165, 1.54) is 16.3 Å². The van der Waals surface area contributed by atoms with E-state index in [2.05, 4.69) is 175 Å². The van der Waals surface area contributed by atoms with Crippen LogP contribution < -0.4 is 9.80 Å². The minimum absolute atomic E-state index is 0.546. The van der Waals surface area contributed by atoms with Crippen molar-refractivity contribution >= 4 is 44.9 Å². The van der Waals surface area contributed by atoms with Crippen LogP contribution in [0.2, 0.25) is 0 Å². The fourth-order valence-corrected chi connectivity index (χ4v) is 5.30. The number of rotatable bonds is 8. The van der Waals surface area contributed by atoms with Crippen LogP contribution in [0.4, 0.5) is 34.1 Å². The second kappa shape index (κ2) is 11.5. The Balaban J connectivity index is 1.43. The number of hydrogen-bond donors (Lipinski definition) is 0. The molecule has 0 radical (unpaired) electrons. The Hall–Kier alpha value is -4.82. The molecule has 6 rings (SSSR count). The lowest BCUT2D eigenvalue weighted by Gasteiger charge is -2.28. The molecule has 1 unspecified atom stereocenters. The average molecular weight is 519 g/mol. The summed E-state index contributed by atoms with van der Waals surface area (Å²) in [5.74, 6) is 0.546. The van der Waals surface area contributed by atoms with Crippen molar-refractivity contribution in [3.8, 4) is 0 Å². The first-order valence-corrected chi connectivity index (χ1v) is 14.1. The van der Waals surface area contributed by atoms with Crippen LogP contribution in [0.5, 0.6) is 0 Å². The number of fused-ring (bicyclic) bond motifs is 1. The Bertz CT molecular complexity index is 1630. The van der Waals surface area contributed by atoms with E-state index < -0.39 is 0 Å². The zero-order valence-electron chi connectivity index (χ0n) is 23.1. The number of benzene rings is 6. The van der Waals surface area contributed by atoms with Gasteiger partial charge in [-0.1, -0.05) is 92.7 Å². The fourth-order valence-electron chi connectivity index (χ4n) is 5.30. The first-order chi connectivity index (χ1) is 19.7. The molecule has 6 aromatic carbocycles. The number of para-hydroxylation sites is 2. The molecule has 0 fully saturated rings. The van der Waals surface area contributed by atoms with Crippen molar-refractivity contribution in [2.75, 3.05) is 9.80 Å². The van der Waals surface area contributed by atoms with Crippen LogP contribution in [0.1, 0.15) is 31.7 Å². The van der Waals surface area contributed by atoms with E-state index in [0.717, 1.165) is 40.5 Å². The normalized spacial score (nSPS) is 11.8. The molecule has 1 atom stereocenters. The maximum absolute atomic E-state index is 2.35. The van der Waals surface area contributed by atoms with Crippen molar-refractivity contribution < 1.29 is 0 Å². The van der Waals surface area contributed by atoms with E-state index >= 15 is 0 Å². The van der Waals surface area contributed by atoms with Gasteiger partial charge in [0.05, 0.1) is 0 Å². The molecule has 0 aliphatic rings. The summed E-state index contributed by atoms with van der Waals surface area (Å²) in [7, 11) is 0. The highest BCUT2D eigenvalue weighted by atomic mass is 15.2. The van der Waals surface area contributed by atoms with E-state index in [0.29, 0.717) is 5.92 Å². The molecule has 0 bridgehead atoms. The van der Waals surface area contributed by atoms with Gasteiger partial charge in [0.2, 0.25) is 0 Å². The zero-order valence-corrected chi connectivity index (χ0v) is 23.1. The fraction of sp³-hybridized carbons (Fsp3) is 0.105. The molecule has 2 heteroatoms. The summed E-state index contributed by atoms with van der Waals surface area (Å²) in [5, 5.41) is 2.48. The second-order valence-electron chi connectivity index (χ2n) is 10.3. The van der Waals surface area contributed by atoms with Gasteiger partial charge < -0.3 is 9.80 Å². The summed E-state index contributed by atoms with van der Waals surface area (Å²) >= 11 is 0. The SMILES string of the molecule is CCC(C)c1ccc(N(c2ccc(N(c3ccccc3)c3ccccc3)cc2)c2ccc3ccccc3c2)cc1. The molecule has 0 aromatic heterocycles. The van der Waals surface area contributed by atoms with E-state index in [1.54, 1.807) is 0 Å². The lowest BCUT2D eigenvalue weighted by atomic mass is 9.98. The summed E-state index contributed by atoms with van der Waals surface area (Å²) in [4.78, 5) is 4.65. The predicted molar refractivity (Wildman–Crippen MR) is 172 cm³/mol. The van der Waals surface area contributed by atoms with Crippen molar-refractivity contribution in [3.05, 3.63) is 157 Å². The smallest absolute Gasteiger partial charge is 0.0468 e. The van der Waals surface area contributed by atoms with Crippen LogP contribution >= 0.6 is 0 Å². The predicted octanol–water partition coefficient (Wildman–Crippen LogP) is 11.3. The van der Waals surface area contributed by atoms with Crippen LogP contribution in [0.15, 0.2) is 152 Å². The van der Waals surface area contributed by atoms with Gasteiger partial charge in [-0.2, -0.15) is 0 Å². The van der Waals surface area contributed by atoms with Gasteiger partial charge in [-0.3, -0.25) is 0 Å². The Labute approximate surface area is 237 Å². The topological polar surface area (TPSA) is 6.48 Å². The van der Waals surface area contributed by atoms with Crippen molar-refractivity contribution in [1.82, 2.24) is 0 Å². The highest BCUT2D eigenvalue weighted by molar-refractivity contribution is 5.89. The maximum Gasteiger partial charge on any atom is 0.0468 e. The van der Waals surface area contributed by atoms with E-state index in [-0.39, 0.29) is 0 Å². The molecule has 0 amide bonds. The molecule has 0 heterocycles. The summed E-state index contributed by atoms with van der Waals surface area (Å²) in [6.45, 7) is 4.54. The third-order valence-corrected chi connectivity index (χ3v) is 7.72. The first kappa shape index (κ1) is 25.5. The van der Waals surface area contributed by atoms with Gasteiger partial charge in [0.25, 0.3) is 0 Å². The highest BCUT2D eigenvalue weighted by Gasteiger charge is 2.16. The maximum atomic E-state index is 2.35. The van der Waals surface area contributed by atoms with Crippen LogP contribution in [-0.4, -0.2) is 0 Å². The summed E-state index contributed by atoms with van der Waals surface area (Å²) in [6.07, 6.45) is 1.13. The minimum Gasteiger partial charge on any atom is -0.311 e. The largest absolute Gasteiger partial charge is 0.311 e. The van der Waals surface area contributed by atoms with Crippen LogP contribution in [-0.2, 0) is 0 Å². The van der Waals surface area contributed by atoms with E-state index in [4.69, 9.17) is 0 Å². The summed E-state index contributed by atoms with van der Waals surface area (Å²) in [5.41, 5.74) is 8.18. The molecule has 0 saturated carbocycles. The Morgan fingerprint density at radius 2 is 0.825 bits per heavy atom. The minimum atomic E-state index is 0.546. The molecule has 6 aromatic rings. The monoisotopic (exact) mass is 518 g/mol. The third-order valence-electron chi connectivity index (χ3n) is 7.72. The van der Waals surface area contributed by atoms with Crippen LogP contribution in [0.3, 0.4) is 0 Å². The van der Waals surface area contributed by atoms with Gasteiger partial charge >= 0.3 is 0 Å². The standard InChI is InChI=1S/C38H34N2/c1-3-29(2)30-18-21-35(22-19-30)40(38-23-20-31-12-10-11-13-32(31)28-38)37-26-24-36(25-27-37)39(33-14-6-4-7-15-33)34-16-8-5-9-17-34/h4-29H,3H2,1-2H3. The van der Waals surface area contributed by atoms with Gasteiger partial charge in [0.15, 0.2) is 0 Å². The average Bonchev–Trinajstić information content (AvgIpc) is 3.03. The van der Waals surface area contributed by atoms with Crippen LogP contribution in [0.25, 0.3) is 10.8 Å². The van der Waals surface area contributed by atoms with E-state index in [9.17, 15) is 0 Å². The Kier molecular flexibility index (Phi) is 7.32.